The number of aromatic nitrogens is 4. The van der Waals surface area contributed by atoms with Crippen molar-refractivity contribution in [2.45, 2.75) is 58.5 Å². The highest BCUT2D eigenvalue weighted by Crippen LogP contribution is 2.31. The molecule has 10 nitrogen and oxygen atoms in total. The van der Waals surface area contributed by atoms with Crippen LogP contribution in [0.25, 0.3) is 11.3 Å². The predicted octanol–water partition coefficient (Wildman–Crippen LogP) is 5.19. The van der Waals surface area contributed by atoms with Gasteiger partial charge in [-0.05, 0) is 55.0 Å². The number of nitrogens with one attached hydrogen (secondary N) is 1. The van der Waals surface area contributed by atoms with Gasteiger partial charge in [0.15, 0.2) is 0 Å². The molecule has 0 spiro atoms. The molecule has 1 N–H and O–H groups in total. The standard InChI is InChI=1S/C31H34N6O4S/c1-20-8-6-9-21(2)28(20)26-15-27-35-30(34-26)36-42(39,40)25-11-7-10-22(14-25)29(38)37(18-23-17-32-12-13-33-23)24(19-41-27)16-31(3,4)5/h6-15,17,24H,16,18-19H2,1-5H3,(H,34,35,36)/t24-/m1/s1. The predicted molar refractivity (Wildman–Crippen MR) is 159 cm³/mol. The van der Waals surface area contributed by atoms with Crippen molar-refractivity contribution in [3.05, 3.63) is 89.5 Å². The van der Waals surface area contributed by atoms with E-state index in [1.54, 1.807) is 41.7 Å². The van der Waals surface area contributed by atoms with Gasteiger partial charge in [0.2, 0.25) is 11.8 Å². The van der Waals surface area contributed by atoms with Gasteiger partial charge in [0.25, 0.3) is 15.9 Å². The number of benzene rings is 2. The van der Waals surface area contributed by atoms with E-state index in [0.717, 1.165) is 16.7 Å². The van der Waals surface area contributed by atoms with Crippen LogP contribution in [0.5, 0.6) is 5.88 Å². The van der Waals surface area contributed by atoms with E-state index in [1.165, 1.54) is 12.1 Å². The van der Waals surface area contributed by atoms with Gasteiger partial charge in [0.05, 0.1) is 35.1 Å². The molecule has 0 fully saturated rings. The van der Waals surface area contributed by atoms with E-state index in [1.807, 2.05) is 32.0 Å². The minimum Gasteiger partial charge on any atom is -0.475 e. The number of sulfonamides is 1. The van der Waals surface area contributed by atoms with Crippen LogP contribution in [0.4, 0.5) is 5.95 Å². The van der Waals surface area contributed by atoms with E-state index < -0.39 is 16.1 Å². The average molecular weight is 587 g/mol. The molecule has 0 saturated carbocycles. The molecule has 4 bridgehead atoms. The molecule has 4 aromatic rings. The van der Waals surface area contributed by atoms with Gasteiger partial charge in [-0.2, -0.15) is 4.98 Å². The Hall–Kier alpha value is -4.38. The minimum absolute atomic E-state index is 0.0806. The molecule has 42 heavy (non-hydrogen) atoms. The fourth-order valence-electron chi connectivity index (χ4n) is 5.13. The molecule has 0 radical (unpaired) electrons. The first-order valence-corrected chi connectivity index (χ1v) is 15.2. The Morgan fingerprint density at radius 3 is 2.45 bits per heavy atom. The highest BCUT2D eigenvalue weighted by atomic mass is 32.2. The van der Waals surface area contributed by atoms with Crippen LogP contribution in [0.1, 0.15) is 54.4 Å². The Bertz CT molecular complexity index is 1700. The van der Waals surface area contributed by atoms with Crippen LogP contribution in [-0.4, -0.2) is 51.8 Å². The lowest BCUT2D eigenvalue weighted by molar-refractivity contribution is 0.0509. The molecular weight excluding hydrogens is 552 g/mol. The summed E-state index contributed by atoms with van der Waals surface area (Å²) in [6, 6.07) is 13.2. The first-order valence-electron chi connectivity index (χ1n) is 13.7. The Balaban J connectivity index is 1.68. The van der Waals surface area contributed by atoms with Crippen molar-refractivity contribution < 1.29 is 17.9 Å². The van der Waals surface area contributed by atoms with Crippen LogP contribution in [-0.2, 0) is 16.6 Å². The van der Waals surface area contributed by atoms with Gasteiger partial charge >= 0.3 is 0 Å². The number of hydrogen-bond donors (Lipinski definition) is 1. The van der Waals surface area contributed by atoms with Crippen LogP contribution in [0, 0.1) is 19.3 Å². The fraction of sp³-hybridized carbons (Fsp3) is 0.323. The van der Waals surface area contributed by atoms with Gasteiger partial charge < -0.3 is 9.64 Å². The van der Waals surface area contributed by atoms with Crippen molar-refractivity contribution in [2.75, 3.05) is 11.3 Å². The third kappa shape index (κ3) is 6.57. The molecule has 11 heteroatoms. The average Bonchev–Trinajstić information content (AvgIpc) is 2.93. The number of amides is 1. The quantitative estimate of drug-likeness (QED) is 0.346. The second-order valence-electron chi connectivity index (χ2n) is 11.7. The number of ether oxygens (including phenoxy) is 1. The molecule has 0 aliphatic carbocycles. The van der Waals surface area contributed by atoms with Crippen molar-refractivity contribution in [1.29, 1.82) is 0 Å². The van der Waals surface area contributed by atoms with Crippen LogP contribution >= 0.6 is 0 Å². The van der Waals surface area contributed by atoms with Crippen molar-refractivity contribution in [1.82, 2.24) is 24.8 Å². The Kier molecular flexibility index (Phi) is 7.96. The van der Waals surface area contributed by atoms with Gasteiger partial charge in [-0.1, -0.05) is 45.0 Å². The number of rotatable bonds is 4. The maximum atomic E-state index is 14.1. The summed E-state index contributed by atoms with van der Waals surface area (Å²) in [5, 5.41) is 0. The number of aryl methyl sites for hydroxylation is 2. The molecule has 1 atom stereocenters. The maximum absolute atomic E-state index is 14.1. The normalized spacial score (nSPS) is 16.8. The Labute approximate surface area is 246 Å². The lowest BCUT2D eigenvalue weighted by Crippen LogP contribution is -2.45. The lowest BCUT2D eigenvalue weighted by Gasteiger charge is -2.35. The minimum atomic E-state index is -4.14. The number of nitrogens with zero attached hydrogens (tertiary/aromatic N) is 5. The monoisotopic (exact) mass is 586 g/mol. The zero-order chi connectivity index (χ0) is 30.1. The summed E-state index contributed by atoms with van der Waals surface area (Å²) in [7, 11) is -4.14. The summed E-state index contributed by atoms with van der Waals surface area (Å²) in [6.07, 6.45) is 5.35. The van der Waals surface area contributed by atoms with Crippen LogP contribution < -0.4 is 9.46 Å². The third-order valence-corrected chi connectivity index (χ3v) is 8.30. The van der Waals surface area contributed by atoms with Gasteiger partial charge in [0.1, 0.15) is 6.61 Å². The molecular formula is C31H34N6O4S. The number of carbonyl (C=O) groups excluding carboxylic acids is 1. The molecule has 218 valence electrons. The number of carbonyl (C=O) groups is 1. The summed E-state index contributed by atoms with van der Waals surface area (Å²) in [4.78, 5) is 33.3. The molecule has 2 aromatic carbocycles. The van der Waals surface area contributed by atoms with E-state index in [4.69, 9.17) is 4.74 Å². The van der Waals surface area contributed by atoms with Crippen LogP contribution in [0.15, 0.2) is 72.0 Å². The van der Waals surface area contributed by atoms with Crippen molar-refractivity contribution in [2.24, 2.45) is 5.41 Å². The summed E-state index contributed by atoms with van der Waals surface area (Å²) in [5.41, 5.74) is 4.00. The molecule has 1 aliphatic heterocycles. The van der Waals surface area contributed by atoms with Crippen LogP contribution in [0.2, 0.25) is 0 Å². The van der Waals surface area contributed by atoms with E-state index in [0.29, 0.717) is 17.8 Å². The number of hydrogen-bond acceptors (Lipinski definition) is 8. The molecule has 1 amide bonds. The van der Waals surface area contributed by atoms with Gasteiger partial charge in [-0.25, -0.2) is 18.1 Å². The van der Waals surface area contributed by atoms with Crippen molar-refractivity contribution in [3.63, 3.8) is 0 Å². The summed E-state index contributed by atoms with van der Waals surface area (Å²) >= 11 is 0. The smallest absolute Gasteiger partial charge is 0.264 e. The molecule has 1 aliphatic rings. The van der Waals surface area contributed by atoms with Crippen molar-refractivity contribution >= 4 is 21.9 Å². The summed E-state index contributed by atoms with van der Waals surface area (Å²) in [6.45, 7) is 10.5. The van der Waals surface area contributed by atoms with E-state index in [-0.39, 0.29) is 46.8 Å². The zero-order valence-electron chi connectivity index (χ0n) is 24.3. The second-order valence-corrected chi connectivity index (χ2v) is 13.4. The number of anilines is 1. The highest BCUT2D eigenvalue weighted by Gasteiger charge is 2.31. The highest BCUT2D eigenvalue weighted by molar-refractivity contribution is 7.92. The summed E-state index contributed by atoms with van der Waals surface area (Å²) in [5.74, 6) is -0.272. The van der Waals surface area contributed by atoms with Gasteiger partial charge in [0, 0.05) is 29.6 Å². The lowest BCUT2D eigenvalue weighted by atomic mass is 9.87. The summed E-state index contributed by atoms with van der Waals surface area (Å²) < 4.78 is 35.8. The van der Waals surface area contributed by atoms with E-state index in [2.05, 4.69) is 45.4 Å². The SMILES string of the molecule is Cc1cccc(C)c1-c1cc2nc(n1)NS(=O)(=O)c1cccc(c1)C(=O)N(Cc1cnccn1)[C@H](CC(C)(C)C)CO2. The molecule has 0 unspecified atom stereocenters. The zero-order valence-corrected chi connectivity index (χ0v) is 25.1. The number of fused-ring (bicyclic) bond motifs is 4. The third-order valence-electron chi connectivity index (χ3n) is 6.98. The topological polar surface area (TPSA) is 127 Å². The van der Waals surface area contributed by atoms with E-state index >= 15 is 0 Å². The molecule has 3 heterocycles. The Morgan fingerprint density at radius 1 is 1.02 bits per heavy atom. The Morgan fingerprint density at radius 2 is 1.76 bits per heavy atom. The van der Waals surface area contributed by atoms with Gasteiger partial charge in [-0.15, -0.1) is 0 Å². The molecule has 0 saturated heterocycles. The van der Waals surface area contributed by atoms with E-state index in [9.17, 15) is 13.2 Å². The van der Waals surface area contributed by atoms with Crippen molar-refractivity contribution in [3.8, 4) is 17.1 Å². The first kappa shape index (κ1) is 29.1. The fourth-order valence-corrected chi connectivity index (χ4v) is 6.12. The first-order chi connectivity index (χ1) is 19.9. The molecule has 5 rings (SSSR count). The van der Waals surface area contributed by atoms with Gasteiger partial charge in [-0.3, -0.25) is 14.8 Å². The largest absolute Gasteiger partial charge is 0.475 e. The van der Waals surface area contributed by atoms with Crippen LogP contribution in [0.3, 0.4) is 0 Å². The maximum Gasteiger partial charge on any atom is 0.264 e. The molecule has 2 aromatic heterocycles. The second kappa shape index (κ2) is 11.5.